The maximum atomic E-state index is 11.5. The standard InChI is InChI=1S/C10H18N4O/c1-2-8(4-11)3-10(15)13-6-9-5-12-7-14-9/h5,7-8H,2-4,6,11H2,1H3,(H,12,14)(H,13,15). The Morgan fingerprint density at radius 3 is 3.07 bits per heavy atom. The monoisotopic (exact) mass is 210 g/mol. The summed E-state index contributed by atoms with van der Waals surface area (Å²) in [5.41, 5.74) is 6.43. The summed E-state index contributed by atoms with van der Waals surface area (Å²) in [6.07, 6.45) is 4.73. The van der Waals surface area contributed by atoms with Crippen molar-refractivity contribution in [1.82, 2.24) is 15.3 Å². The highest BCUT2D eigenvalue weighted by Crippen LogP contribution is 2.05. The highest BCUT2D eigenvalue weighted by molar-refractivity contribution is 5.76. The maximum absolute atomic E-state index is 11.5. The molecule has 0 radical (unpaired) electrons. The van der Waals surface area contributed by atoms with Crippen LogP contribution in [-0.4, -0.2) is 22.4 Å². The van der Waals surface area contributed by atoms with Crippen LogP contribution in [0.4, 0.5) is 0 Å². The highest BCUT2D eigenvalue weighted by Gasteiger charge is 2.09. The molecule has 1 heterocycles. The lowest BCUT2D eigenvalue weighted by Gasteiger charge is -2.11. The van der Waals surface area contributed by atoms with E-state index in [0.717, 1.165) is 12.1 Å². The van der Waals surface area contributed by atoms with E-state index in [1.807, 2.05) is 6.92 Å². The van der Waals surface area contributed by atoms with E-state index in [0.29, 0.717) is 19.5 Å². The zero-order chi connectivity index (χ0) is 11.1. The first kappa shape index (κ1) is 11.7. The molecule has 0 bridgehead atoms. The van der Waals surface area contributed by atoms with Gasteiger partial charge in [-0.1, -0.05) is 13.3 Å². The minimum atomic E-state index is 0.0434. The fraction of sp³-hybridized carbons (Fsp3) is 0.600. The average Bonchev–Trinajstić information content (AvgIpc) is 2.75. The number of carbonyl (C=O) groups is 1. The van der Waals surface area contributed by atoms with Crippen molar-refractivity contribution in [2.45, 2.75) is 26.3 Å². The predicted molar refractivity (Wildman–Crippen MR) is 57.9 cm³/mol. The summed E-state index contributed by atoms with van der Waals surface area (Å²) in [5.74, 6) is 0.327. The van der Waals surface area contributed by atoms with Crippen LogP contribution in [-0.2, 0) is 11.3 Å². The molecule has 1 aromatic heterocycles. The minimum absolute atomic E-state index is 0.0434. The summed E-state index contributed by atoms with van der Waals surface area (Å²) < 4.78 is 0. The van der Waals surface area contributed by atoms with Crippen molar-refractivity contribution in [3.8, 4) is 0 Å². The average molecular weight is 210 g/mol. The van der Waals surface area contributed by atoms with Crippen molar-refractivity contribution >= 4 is 5.91 Å². The molecule has 4 N–H and O–H groups in total. The fourth-order valence-electron chi connectivity index (χ4n) is 1.30. The molecular formula is C10H18N4O. The summed E-state index contributed by atoms with van der Waals surface area (Å²) in [6, 6.07) is 0. The van der Waals surface area contributed by atoms with E-state index in [-0.39, 0.29) is 11.8 Å². The van der Waals surface area contributed by atoms with Crippen molar-refractivity contribution < 1.29 is 4.79 Å². The number of nitrogens with zero attached hydrogens (tertiary/aromatic N) is 1. The summed E-state index contributed by atoms with van der Waals surface area (Å²) in [7, 11) is 0. The van der Waals surface area contributed by atoms with E-state index in [9.17, 15) is 4.79 Å². The lowest BCUT2D eigenvalue weighted by Crippen LogP contribution is -2.27. The molecule has 1 amide bonds. The van der Waals surface area contributed by atoms with Crippen molar-refractivity contribution in [2.24, 2.45) is 11.7 Å². The molecule has 0 saturated heterocycles. The lowest BCUT2D eigenvalue weighted by molar-refractivity contribution is -0.122. The van der Waals surface area contributed by atoms with Crippen LogP contribution in [0.2, 0.25) is 0 Å². The molecule has 0 aliphatic rings. The van der Waals surface area contributed by atoms with E-state index >= 15 is 0 Å². The summed E-state index contributed by atoms with van der Waals surface area (Å²) in [6.45, 7) is 3.10. The van der Waals surface area contributed by atoms with Crippen molar-refractivity contribution in [3.63, 3.8) is 0 Å². The third kappa shape index (κ3) is 4.12. The van der Waals surface area contributed by atoms with Crippen LogP contribution in [0.15, 0.2) is 12.5 Å². The molecule has 0 fully saturated rings. The number of nitrogens with two attached hydrogens (primary N) is 1. The van der Waals surface area contributed by atoms with E-state index in [1.54, 1.807) is 12.5 Å². The molecule has 1 unspecified atom stereocenters. The number of imidazole rings is 1. The van der Waals surface area contributed by atoms with E-state index < -0.39 is 0 Å². The smallest absolute Gasteiger partial charge is 0.220 e. The zero-order valence-corrected chi connectivity index (χ0v) is 8.99. The van der Waals surface area contributed by atoms with Crippen LogP contribution < -0.4 is 11.1 Å². The van der Waals surface area contributed by atoms with Gasteiger partial charge in [-0.05, 0) is 12.5 Å². The van der Waals surface area contributed by atoms with E-state index in [4.69, 9.17) is 5.73 Å². The molecule has 84 valence electrons. The topological polar surface area (TPSA) is 83.8 Å². The summed E-state index contributed by atoms with van der Waals surface area (Å²) in [4.78, 5) is 18.3. The van der Waals surface area contributed by atoms with Crippen LogP contribution >= 0.6 is 0 Å². The first-order valence-electron chi connectivity index (χ1n) is 5.20. The molecule has 1 aromatic rings. The second-order valence-electron chi connectivity index (χ2n) is 3.57. The zero-order valence-electron chi connectivity index (χ0n) is 8.99. The van der Waals surface area contributed by atoms with E-state index in [2.05, 4.69) is 15.3 Å². The molecule has 5 nitrogen and oxygen atoms in total. The van der Waals surface area contributed by atoms with Crippen LogP contribution in [0.5, 0.6) is 0 Å². The molecular weight excluding hydrogens is 192 g/mol. The Balaban J connectivity index is 2.24. The number of hydrogen-bond donors (Lipinski definition) is 3. The number of hydrogen-bond acceptors (Lipinski definition) is 3. The van der Waals surface area contributed by atoms with Gasteiger partial charge in [0.2, 0.25) is 5.91 Å². The number of rotatable bonds is 6. The van der Waals surface area contributed by atoms with Gasteiger partial charge in [-0.2, -0.15) is 0 Å². The van der Waals surface area contributed by atoms with Gasteiger partial charge in [-0.15, -0.1) is 0 Å². The SMILES string of the molecule is CCC(CN)CC(=O)NCc1cnc[nH]1. The van der Waals surface area contributed by atoms with Gasteiger partial charge >= 0.3 is 0 Å². The molecule has 1 rings (SSSR count). The molecule has 0 aliphatic heterocycles. The number of nitrogens with one attached hydrogen (secondary N) is 2. The maximum Gasteiger partial charge on any atom is 0.220 e. The molecule has 0 saturated carbocycles. The largest absolute Gasteiger partial charge is 0.350 e. The number of aromatic amines is 1. The van der Waals surface area contributed by atoms with Crippen LogP contribution in [0, 0.1) is 5.92 Å². The first-order valence-corrected chi connectivity index (χ1v) is 5.20. The lowest BCUT2D eigenvalue weighted by atomic mass is 10.0. The number of carbonyl (C=O) groups excluding carboxylic acids is 1. The molecule has 0 spiro atoms. The molecule has 15 heavy (non-hydrogen) atoms. The Morgan fingerprint density at radius 2 is 2.53 bits per heavy atom. The molecule has 0 aliphatic carbocycles. The Hall–Kier alpha value is -1.36. The molecule has 5 heteroatoms. The summed E-state index contributed by atoms with van der Waals surface area (Å²) >= 11 is 0. The van der Waals surface area contributed by atoms with Crippen molar-refractivity contribution in [1.29, 1.82) is 0 Å². The van der Waals surface area contributed by atoms with Crippen molar-refractivity contribution in [2.75, 3.05) is 6.54 Å². The Morgan fingerprint density at radius 1 is 1.73 bits per heavy atom. The molecule has 0 aromatic carbocycles. The van der Waals surface area contributed by atoms with Gasteiger partial charge in [0, 0.05) is 12.6 Å². The van der Waals surface area contributed by atoms with Crippen LogP contribution in [0.25, 0.3) is 0 Å². The van der Waals surface area contributed by atoms with Gasteiger partial charge in [0.15, 0.2) is 0 Å². The fourth-order valence-corrected chi connectivity index (χ4v) is 1.30. The second-order valence-corrected chi connectivity index (χ2v) is 3.57. The third-order valence-electron chi connectivity index (χ3n) is 2.42. The number of H-pyrrole nitrogens is 1. The Bertz CT molecular complexity index is 280. The van der Waals surface area contributed by atoms with Gasteiger partial charge in [0.1, 0.15) is 0 Å². The minimum Gasteiger partial charge on any atom is -0.350 e. The van der Waals surface area contributed by atoms with Gasteiger partial charge in [-0.3, -0.25) is 4.79 Å². The van der Waals surface area contributed by atoms with Crippen LogP contribution in [0.3, 0.4) is 0 Å². The van der Waals surface area contributed by atoms with Crippen molar-refractivity contribution in [3.05, 3.63) is 18.2 Å². The molecule has 1 atom stereocenters. The van der Waals surface area contributed by atoms with Gasteiger partial charge in [0.05, 0.1) is 18.6 Å². The van der Waals surface area contributed by atoms with Gasteiger partial charge in [-0.25, -0.2) is 4.98 Å². The van der Waals surface area contributed by atoms with Crippen LogP contribution in [0.1, 0.15) is 25.5 Å². The Kier molecular flexibility index (Phi) is 4.83. The quantitative estimate of drug-likeness (QED) is 0.635. The normalized spacial score (nSPS) is 12.4. The number of amides is 1. The van der Waals surface area contributed by atoms with Gasteiger partial charge < -0.3 is 16.0 Å². The second kappa shape index (κ2) is 6.19. The Labute approximate surface area is 89.5 Å². The third-order valence-corrected chi connectivity index (χ3v) is 2.42. The predicted octanol–water partition coefficient (Wildman–Crippen LogP) is 0.401. The highest BCUT2D eigenvalue weighted by atomic mass is 16.1. The van der Waals surface area contributed by atoms with Gasteiger partial charge in [0.25, 0.3) is 0 Å². The first-order chi connectivity index (χ1) is 7.26. The number of aromatic nitrogens is 2. The summed E-state index contributed by atoms with van der Waals surface area (Å²) in [5, 5.41) is 2.82. The van der Waals surface area contributed by atoms with E-state index in [1.165, 1.54) is 0 Å².